The maximum Gasteiger partial charge on any atom is 0.341 e. The van der Waals surface area contributed by atoms with Crippen LogP contribution in [-0.4, -0.2) is 43.5 Å². The van der Waals surface area contributed by atoms with Crippen LogP contribution in [0.3, 0.4) is 0 Å². The van der Waals surface area contributed by atoms with Crippen LogP contribution in [0.2, 0.25) is 0 Å². The van der Waals surface area contributed by atoms with Gasteiger partial charge in [-0.1, -0.05) is 13.8 Å². The molecule has 6 heteroatoms. The van der Waals surface area contributed by atoms with Crippen LogP contribution in [0.25, 0.3) is 0 Å². The third-order valence-electron chi connectivity index (χ3n) is 4.88. The van der Waals surface area contributed by atoms with Crippen molar-refractivity contribution in [3.8, 4) is 0 Å². The summed E-state index contributed by atoms with van der Waals surface area (Å²) in [5.74, 6) is 0.863. The molecule has 1 aliphatic heterocycles. The monoisotopic (exact) mass is 350 g/mol. The van der Waals surface area contributed by atoms with Gasteiger partial charge in [0.15, 0.2) is 0 Å². The maximum absolute atomic E-state index is 12.5. The lowest BCUT2D eigenvalue weighted by Gasteiger charge is -2.34. The molecule has 0 bridgehead atoms. The van der Waals surface area contributed by atoms with Crippen LogP contribution in [0.15, 0.2) is 0 Å². The number of methoxy groups -OCH3 is 1. The summed E-state index contributed by atoms with van der Waals surface area (Å²) in [5, 5.41) is 3.63. The Morgan fingerprint density at radius 3 is 2.62 bits per heavy atom. The van der Waals surface area contributed by atoms with E-state index in [0.717, 1.165) is 37.9 Å². The number of esters is 1. The molecule has 2 aliphatic rings. The summed E-state index contributed by atoms with van der Waals surface area (Å²) in [6, 6.07) is 0. The van der Waals surface area contributed by atoms with E-state index in [1.165, 1.54) is 29.7 Å². The van der Waals surface area contributed by atoms with Crippen LogP contribution in [0, 0.1) is 11.8 Å². The zero-order chi connectivity index (χ0) is 17.3. The normalized spacial score (nSPS) is 23.8. The third-order valence-corrected chi connectivity index (χ3v) is 6.08. The Bertz CT molecular complexity index is 630. The number of anilines is 1. The molecule has 2 atom stereocenters. The van der Waals surface area contributed by atoms with Crippen molar-refractivity contribution in [2.24, 2.45) is 11.8 Å². The number of likely N-dealkylation sites (tertiary alicyclic amines) is 1. The smallest absolute Gasteiger partial charge is 0.341 e. The van der Waals surface area contributed by atoms with Crippen LogP contribution >= 0.6 is 11.3 Å². The van der Waals surface area contributed by atoms with Crippen molar-refractivity contribution in [3.05, 3.63) is 16.0 Å². The van der Waals surface area contributed by atoms with Crippen molar-refractivity contribution in [2.45, 2.75) is 39.5 Å². The minimum Gasteiger partial charge on any atom is -0.465 e. The van der Waals surface area contributed by atoms with Gasteiger partial charge in [0.05, 0.1) is 19.2 Å². The van der Waals surface area contributed by atoms with Crippen molar-refractivity contribution >= 4 is 28.2 Å². The molecule has 0 radical (unpaired) electrons. The summed E-state index contributed by atoms with van der Waals surface area (Å²) < 4.78 is 4.93. The predicted molar refractivity (Wildman–Crippen MR) is 95.7 cm³/mol. The second-order valence-electron chi connectivity index (χ2n) is 7.24. The molecule has 0 spiro atoms. The largest absolute Gasteiger partial charge is 0.465 e. The average molecular weight is 350 g/mol. The van der Waals surface area contributed by atoms with Crippen molar-refractivity contribution < 1.29 is 14.3 Å². The van der Waals surface area contributed by atoms with Gasteiger partial charge in [-0.05, 0) is 43.1 Å². The number of nitrogens with one attached hydrogen (secondary N) is 1. The number of fused-ring (bicyclic) bond motifs is 1. The van der Waals surface area contributed by atoms with E-state index < -0.39 is 0 Å². The lowest BCUT2D eigenvalue weighted by Crippen LogP contribution is -2.42. The van der Waals surface area contributed by atoms with Gasteiger partial charge < -0.3 is 10.1 Å². The number of piperidine rings is 1. The highest BCUT2D eigenvalue weighted by Crippen LogP contribution is 2.39. The highest BCUT2D eigenvalue weighted by atomic mass is 32.1. The molecule has 2 unspecified atom stereocenters. The zero-order valence-corrected chi connectivity index (χ0v) is 15.5. The van der Waals surface area contributed by atoms with Crippen LogP contribution in [0.4, 0.5) is 5.00 Å². The van der Waals surface area contributed by atoms with E-state index in [0.29, 0.717) is 28.9 Å². The van der Waals surface area contributed by atoms with Crippen LogP contribution in [0.5, 0.6) is 0 Å². The Morgan fingerprint density at radius 1 is 1.25 bits per heavy atom. The molecule has 0 aromatic carbocycles. The number of amides is 1. The predicted octanol–water partition coefficient (Wildman–Crippen LogP) is 2.94. The third kappa shape index (κ3) is 3.64. The highest BCUT2D eigenvalue weighted by Gasteiger charge is 2.29. The van der Waals surface area contributed by atoms with Crippen molar-refractivity contribution in [3.63, 3.8) is 0 Å². The van der Waals surface area contributed by atoms with E-state index in [2.05, 4.69) is 24.1 Å². The van der Waals surface area contributed by atoms with E-state index in [9.17, 15) is 9.59 Å². The van der Waals surface area contributed by atoms with Crippen molar-refractivity contribution in [2.75, 3.05) is 32.1 Å². The lowest BCUT2D eigenvalue weighted by atomic mass is 9.92. The summed E-state index contributed by atoms with van der Waals surface area (Å²) >= 11 is 1.53. The Balaban J connectivity index is 1.69. The Kier molecular flexibility index (Phi) is 5.25. The van der Waals surface area contributed by atoms with Gasteiger partial charge in [0.25, 0.3) is 0 Å². The summed E-state index contributed by atoms with van der Waals surface area (Å²) in [5.41, 5.74) is 1.64. The molecule has 2 heterocycles. The molecule has 0 saturated carbocycles. The van der Waals surface area contributed by atoms with Crippen LogP contribution in [0.1, 0.15) is 47.5 Å². The van der Waals surface area contributed by atoms with E-state index in [4.69, 9.17) is 4.74 Å². The number of carbonyl (C=O) groups is 2. The van der Waals surface area contributed by atoms with E-state index in [1.54, 1.807) is 0 Å². The molecule has 1 saturated heterocycles. The summed E-state index contributed by atoms with van der Waals surface area (Å²) in [4.78, 5) is 28.1. The Labute approximate surface area is 147 Å². The average Bonchev–Trinajstić information content (AvgIpc) is 3.05. The molecular formula is C18H26N2O3S. The van der Waals surface area contributed by atoms with Crippen molar-refractivity contribution in [1.82, 2.24) is 4.90 Å². The van der Waals surface area contributed by atoms with Gasteiger partial charge in [0, 0.05) is 18.0 Å². The van der Waals surface area contributed by atoms with E-state index in [1.807, 2.05) is 0 Å². The topological polar surface area (TPSA) is 58.6 Å². The number of carbonyl (C=O) groups excluding carboxylic acids is 2. The summed E-state index contributed by atoms with van der Waals surface area (Å²) in [6.07, 6.45) is 4.18. The number of hydrogen-bond donors (Lipinski definition) is 1. The van der Waals surface area contributed by atoms with Gasteiger partial charge in [-0.25, -0.2) is 4.79 Å². The van der Waals surface area contributed by atoms with E-state index >= 15 is 0 Å². The molecule has 24 heavy (non-hydrogen) atoms. The number of hydrogen-bond acceptors (Lipinski definition) is 5. The van der Waals surface area contributed by atoms with Gasteiger partial charge in [0.2, 0.25) is 5.91 Å². The van der Waals surface area contributed by atoms with Gasteiger partial charge in [-0.15, -0.1) is 11.3 Å². The minimum atomic E-state index is -0.343. The standard InChI is InChI=1S/C18H26N2O3S/c1-11-7-12(2)9-20(8-11)10-15(21)19-17-16(18(22)23-3)13-5-4-6-14(13)24-17/h11-12H,4-10H2,1-3H3,(H,19,21). The number of rotatable bonds is 4. The molecule has 1 fully saturated rings. The first-order chi connectivity index (χ1) is 11.5. The van der Waals surface area contributed by atoms with E-state index in [-0.39, 0.29) is 11.9 Å². The SMILES string of the molecule is COC(=O)c1c(NC(=O)CN2CC(C)CC(C)C2)sc2c1CCC2. The van der Waals surface area contributed by atoms with Gasteiger partial charge in [-0.3, -0.25) is 9.69 Å². The first kappa shape index (κ1) is 17.4. The fourth-order valence-electron chi connectivity index (χ4n) is 4.10. The summed E-state index contributed by atoms with van der Waals surface area (Å²) in [6.45, 7) is 6.78. The number of thiophene rings is 1. The second kappa shape index (κ2) is 7.23. The zero-order valence-electron chi connectivity index (χ0n) is 14.7. The molecule has 1 aliphatic carbocycles. The van der Waals surface area contributed by atoms with Crippen LogP contribution < -0.4 is 5.32 Å². The first-order valence-electron chi connectivity index (χ1n) is 8.73. The van der Waals surface area contributed by atoms with Gasteiger partial charge in [-0.2, -0.15) is 0 Å². The molecule has 1 aromatic heterocycles. The molecule has 3 rings (SSSR count). The summed E-state index contributed by atoms with van der Waals surface area (Å²) in [7, 11) is 1.39. The molecule has 1 aromatic rings. The first-order valence-corrected chi connectivity index (χ1v) is 9.54. The fraction of sp³-hybridized carbons (Fsp3) is 0.667. The molecule has 132 valence electrons. The molecular weight excluding hydrogens is 324 g/mol. The fourth-order valence-corrected chi connectivity index (χ4v) is 5.39. The Hall–Kier alpha value is -1.40. The molecule has 1 N–H and O–H groups in total. The van der Waals surface area contributed by atoms with Gasteiger partial charge in [0.1, 0.15) is 5.00 Å². The quantitative estimate of drug-likeness (QED) is 0.848. The maximum atomic E-state index is 12.5. The number of nitrogens with zero attached hydrogens (tertiary/aromatic N) is 1. The van der Waals surface area contributed by atoms with Crippen molar-refractivity contribution in [1.29, 1.82) is 0 Å². The highest BCUT2D eigenvalue weighted by molar-refractivity contribution is 7.17. The minimum absolute atomic E-state index is 0.0404. The lowest BCUT2D eigenvalue weighted by molar-refractivity contribution is -0.117. The second-order valence-corrected chi connectivity index (χ2v) is 8.35. The van der Waals surface area contributed by atoms with Crippen LogP contribution in [-0.2, 0) is 22.4 Å². The molecule has 1 amide bonds. The number of aryl methyl sites for hydroxylation is 1. The Morgan fingerprint density at radius 2 is 1.96 bits per heavy atom. The molecule has 5 nitrogen and oxygen atoms in total. The number of ether oxygens (including phenoxy) is 1. The van der Waals surface area contributed by atoms with Gasteiger partial charge >= 0.3 is 5.97 Å².